The zero-order valence-electron chi connectivity index (χ0n) is 10.8. The standard InChI is InChI=1S/C11H24N2O3S/c1-3-13(17(14,15)9-8-16-2)10-11-4-6-12-7-5-11/h11-12H,3-10H2,1-2H3. The summed E-state index contributed by atoms with van der Waals surface area (Å²) < 4.78 is 30.5. The highest BCUT2D eigenvalue weighted by molar-refractivity contribution is 7.89. The predicted molar refractivity (Wildman–Crippen MR) is 68.5 cm³/mol. The summed E-state index contributed by atoms with van der Waals surface area (Å²) in [5, 5.41) is 3.29. The van der Waals surface area contributed by atoms with Gasteiger partial charge in [0.25, 0.3) is 0 Å². The van der Waals surface area contributed by atoms with E-state index in [0.29, 0.717) is 19.0 Å². The summed E-state index contributed by atoms with van der Waals surface area (Å²) >= 11 is 0. The van der Waals surface area contributed by atoms with Crippen LogP contribution < -0.4 is 5.32 Å². The first-order valence-electron chi connectivity index (χ1n) is 6.27. The molecule has 0 amide bonds. The van der Waals surface area contributed by atoms with Crippen molar-refractivity contribution in [1.82, 2.24) is 9.62 Å². The molecule has 0 bridgehead atoms. The Kier molecular flexibility index (Phi) is 6.40. The molecule has 1 N–H and O–H groups in total. The van der Waals surface area contributed by atoms with Gasteiger partial charge in [0, 0.05) is 20.2 Å². The number of hydrogen-bond donors (Lipinski definition) is 1. The fourth-order valence-corrected chi connectivity index (χ4v) is 3.58. The fourth-order valence-electron chi connectivity index (χ4n) is 2.11. The molecule has 0 aromatic carbocycles. The highest BCUT2D eigenvalue weighted by atomic mass is 32.2. The van der Waals surface area contributed by atoms with E-state index < -0.39 is 10.0 Å². The SMILES string of the molecule is CCN(CC1CCNCC1)S(=O)(=O)CCOC. The molecular formula is C11H24N2O3S. The van der Waals surface area contributed by atoms with Gasteiger partial charge in [-0.1, -0.05) is 6.92 Å². The van der Waals surface area contributed by atoms with E-state index in [1.807, 2.05) is 6.92 Å². The Labute approximate surface area is 105 Å². The molecule has 1 aliphatic rings. The second-order valence-electron chi connectivity index (χ2n) is 4.45. The van der Waals surface area contributed by atoms with Gasteiger partial charge in [0.1, 0.15) is 0 Å². The lowest BCUT2D eigenvalue weighted by Crippen LogP contribution is -2.40. The zero-order valence-corrected chi connectivity index (χ0v) is 11.6. The minimum atomic E-state index is -3.15. The molecule has 0 radical (unpaired) electrons. The van der Waals surface area contributed by atoms with Crippen molar-refractivity contribution < 1.29 is 13.2 Å². The van der Waals surface area contributed by atoms with Crippen LogP contribution in [0.3, 0.4) is 0 Å². The lowest BCUT2D eigenvalue weighted by Gasteiger charge is -2.28. The second kappa shape index (κ2) is 7.31. The minimum Gasteiger partial charge on any atom is -0.384 e. The lowest BCUT2D eigenvalue weighted by atomic mass is 9.98. The van der Waals surface area contributed by atoms with Crippen molar-refractivity contribution in [1.29, 1.82) is 0 Å². The zero-order chi connectivity index (χ0) is 12.7. The van der Waals surface area contributed by atoms with E-state index in [0.717, 1.165) is 25.9 Å². The van der Waals surface area contributed by atoms with Crippen molar-refractivity contribution in [2.75, 3.05) is 45.6 Å². The van der Waals surface area contributed by atoms with Crippen LogP contribution in [0.15, 0.2) is 0 Å². The van der Waals surface area contributed by atoms with Crippen LogP contribution in [0.25, 0.3) is 0 Å². The van der Waals surface area contributed by atoms with E-state index in [1.165, 1.54) is 7.11 Å². The molecule has 1 saturated heterocycles. The fraction of sp³-hybridized carbons (Fsp3) is 1.00. The Hall–Kier alpha value is -0.170. The second-order valence-corrected chi connectivity index (χ2v) is 6.54. The van der Waals surface area contributed by atoms with Crippen molar-refractivity contribution in [3.63, 3.8) is 0 Å². The summed E-state index contributed by atoms with van der Waals surface area (Å²) in [5.74, 6) is 0.580. The van der Waals surface area contributed by atoms with Crippen molar-refractivity contribution >= 4 is 10.0 Å². The molecule has 0 spiro atoms. The van der Waals surface area contributed by atoms with Crippen molar-refractivity contribution in [3.05, 3.63) is 0 Å². The molecule has 0 saturated carbocycles. The van der Waals surface area contributed by atoms with Crippen LogP contribution in [0.4, 0.5) is 0 Å². The van der Waals surface area contributed by atoms with E-state index in [1.54, 1.807) is 4.31 Å². The molecule has 0 aromatic rings. The maximum absolute atomic E-state index is 12.0. The first-order valence-corrected chi connectivity index (χ1v) is 7.88. The number of piperidine rings is 1. The van der Waals surface area contributed by atoms with E-state index >= 15 is 0 Å². The predicted octanol–water partition coefficient (Wildman–Crippen LogP) is 0.284. The molecule has 1 fully saturated rings. The third-order valence-electron chi connectivity index (χ3n) is 3.21. The van der Waals surface area contributed by atoms with Gasteiger partial charge in [-0.15, -0.1) is 0 Å². The van der Waals surface area contributed by atoms with Gasteiger partial charge in [-0.2, -0.15) is 0 Å². The number of rotatable bonds is 7. The van der Waals surface area contributed by atoms with Gasteiger partial charge >= 0.3 is 0 Å². The quantitative estimate of drug-likeness (QED) is 0.718. The molecule has 0 unspecified atom stereocenters. The molecule has 5 nitrogen and oxygen atoms in total. The van der Waals surface area contributed by atoms with Crippen LogP contribution in [0.5, 0.6) is 0 Å². The minimum absolute atomic E-state index is 0.0856. The Balaban J connectivity index is 2.51. The topological polar surface area (TPSA) is 58.6 Å². The molecule has 1 aliphatic heterocycles. The highest BCUT2D eigenvalue weighted by Crippen LogP contribution is 2.15. The third-order valence-corrected chi connectivity index (χ3v) is 5.09. The van der Waals surface area contributed by atoms with Crippen LogP contribution in [0, 0.1) is 5.92 Å². The van der Waals surface area contributed by atoms with Crippen molar-refractivity contribution in [2.45, 2.75) is 19.8 Å². The first-order chi connectivity index (χ1) is 8.10. The van der Waals surface area contributed by atoms with Crippen LogP contribution >= 0.6 is 0 Å². The summed E-state index contributed by atoms with van der Waals surface area (Å²) in [6.07, 6.45) is 2.13. The number of nitrogens with one attached hydrogen (secondary N) is 1. The summed E-state index contributed by atoms with van der Waals surface area (Å²) in [5.41, 5.74) is 0. The van der Waals surface area contributed by atoms with Gasteiger partial charge in [-0.3, -0.25) is 0 Å². The molecule has 17 heavy (non-hydrogen) atoms. The van der Waals surface area contributed by atoms with Crippen molar-refractivity contribution in [2.24, 2.45) is 5.92 Å². The van der Waals surface area contributed by atoms with Crippen LogP contribution in [-0.4, -0.2) is 58.4 Å². The van der Waals surface area contributed by atoms with Gasteiger partial charge in [0.2, 0.25) is 10.0 Å². The molecule has 102 valence electrons. The van der Waals surface area contributed by atoms with E-state index in [-0.39, 0.29) is 12.4 Å². The summed E-state index contributed by atoms with van der Waals surface area (Å²) in [7, 11) is -1.62. The summed E-state index contributed by atoms with van der Waals surface area (Å²) in [6.45, 7) is 5.37. The number of hydrogen-bond acceptors (Lipinski definition) is 4. The maximum atomic E-state index is 12.0. The summed E-state index contributed by atoms with van der Waals surface area (Å²) in [6, 6.07) is 0. The number of ether oxygens (including phenoxy) is 1. The largest absolute Gasteiger partial charge is 0.384 e. The van der Waals surface area contributed by atoms with Gasteiger partial charge in [0.15, 0.2) is 0 Å². The molecule has 0 aromatic heterocycles. The lowest BCUT2D eigenvalue weighted by molar-refractivity contribution is 0.214. The molecule has 1 heterocycles. The average Bonchev–Trinajstić information content (AvgIpc) is 2.34. The Morgan fingerprint density at radius 2 is 2.00 bits per heavy atom. The highest BCUT2D eigenvalue weighted by Gasteiger charge is 2.24. The molecule has 6 heteroatoms. The van der Waals surface area contributed by atoms with E-state index in [2.05, 4.69) is 5.32 Å². The Morgan fingerprint density at radius 1 is 1.35 bits per heavy atom. The van der Waals surface area contributed by atoms with Gasteiger partial charge in [-0.25, -0.2) is 12.7 Å². The molecule has 0 atom stereocenters. The molecule has 0 aliphatic carbocycles. The Bertz CT molecular complexity index is 300. The molecular weight excluding hydrogens is 240 g/mol. The van der Waals surface area contributed by atoms with Gasteiger partial charge in [0.05, 0.1) is 12.4 Å². The first kappa shape index (κ1) is 14.9. The van der Waals surface area contributed by atoms with Gasteiger partial charge < -0.3 is 10.1 Å². The summed E-state index contributed by atoms with van der Waals surface area (Å²) in [4.78, 5) is 0. The van der Waals surface area contributed by atoms with E-state index in [4.69, 9.17) is 4.74 Å². The number of methoxy groups -OCH3 is 1. The van der Waals surface area contributed by atoms with Crippen molar-refractivity contribution in [3.8, 4) is 0 Å². The van der Waals surface area contributed by atoms with Crippen LogP contribution in [0.2, 0.25) is 0 Å². The Morgan fingerprint density at radius 3 is 2.53 bits per heavy atom. The van der Waals surface area contributed by atoms with Crippen LogP contribution in [-0.2, 0) is 14.8 Å². The maximum Gasteiger partial charge on any atom is 0.216 e. The number of sulfonamides is 1. The number of nitrogens with zero attached hydrogens (tertiary/aromatic N) is 1. The smallest absolute Gasteiger partial charge is 0.216 e. The third kappa shape index (κ3) is 4.91. The van der Waals surface area contributed by atoms with Crippen LogP contribution in [0.1, 0.15) is 19.8 Å². The van der Waals surface area contributed by atoms with Gasteiger partial charge in [-0.05, 0) is 31.8 Å². The van der Waals surface area contributed by atoms with E-state index in [9.17, 15) is 8.42 Å². The normalized spacial score (nSPS) is 18.8. The molecule has 1 rings (SSSR count). The monoisotopic (exact) mass is 264 g/mol. The average molecular weight is 264 g/mol.